The quantitative estimate of drug-likeness (QED) is 0.784. The van der Waals surface area contributed by atoms with E-state index in [-0.39, 0.29) is 12.0 Å². The molecule has 2 fully saturated rings. The van der Waals surface area contributed by atoms with Crippen molar-refractivity contribution in [1.29, 1.82) is 0 Å². The highest BCUT2D eigenvalue weighted by molar-refractivity contribution is 6.30. The van der Waals surface area contributed by atoms with E-state index in [4.69, 9.17) is 16.3 Å². The van der Waals surface area contributed by atoms with Gasteiger partial charge in [0.1, 0.15) is 11.9 Å². The molecule has 2 aliphatic rings. The summed E-state index contributed by atoms with van der Waals surface area (Å²) >= 11 is 6.18. The molecule has 0 bridgehead atoms. The Morgan fingerprint density at radius 3 is 2.56 bits per heavy atom. The first-order chi connectivity index (χ1) is 12.2. The van der Waals surface area contributed by atoms with Crippen molar-refractivity contribution >= 4 is 17.5 Å². The molecule has 0 aliphatic carbocycles. The molecule has 3 rings (SSSR count). The highest BCUT2D eigenvalue weighted by atomic mass is 35.5. The first-order valence-corrected chi connectivity index (χ1v) is 10.0. The Morgan fingerprint density at radius 2 is 1.88 bits per heavy atom. The van der Waals surface area contributed by atoms with Crippen LogP contribution in [0, 0.1) is 0 Å². The average Bonchev–Trinajstić information content (AvgIpc) is 2.64. The molecule has 1 amide bonds. The number of halogens is 1. The zero-order chi connectivity index (χ0) is 17.6. The number of amides is 1. The summed E-state index contributed by atoms with van der Waals surface area (Å²) in [5.74, 6) is 0.729. The number of ether oxygens (including phenoxy) is 1. The van der Waals surface area contributed by atoms with E-state index in [0.717, 1.165) is 58.4 Å². The molecule has 5 heteroatoms. The summed E-state index contributed by atoms with van der Waals surface area (Å²) in [5, 5.41) is 0.619. The van der Waals surface area contributed by atoms with Crippen molar-refractivity contribution < 1.29 is 9.53 Å². The number of carbonyl (C=O) groups is 1. The summed E-state index contributed by atoms with van der Waals surface area (Å²) < 4.78 is 6.25. The lowest BCUT2D eigenvalue weighted by atomic mass is 10.1. The van der Waals surface area contributed by atoms with Crippen molar-refractivity contribution in [3.05, 3.63) is 28.8 Å². The van der Waals surface area contributed by atoms with Crippen LogP contribution < -0.4 is 4.74 Å². The molecule has 0 radical (unpaired) electrons. The van der Waals surface area contributed by atoms with Gasteiger partial charge in [-0.2, -0.15) is 0 Å². The van der Waals surface area contributed by atoms with Gasteiger partial charge in [0.2, 0.25) is 0 Å². The second kappa shape index (κ2) is 8.91. The van der Waals surface area contributed by atoms with Gasteiger partial charge in [-0.25, -0.2) is 0 Å². The van der Waals surface area contributed by atoms with Crippen molar-refractivity contribution in [2.24, 2.45) is 0 Å². The van der Waals surface area contributed by atoms with Gasteiger partial charge in [-0.05, 0) is 63.3 Å². The molecule has 138 valence electrons. The summed E-state index contributed by atoms with van der Waals surface area (Å²) in [5.41, 5.74) is 0.655. The molecule has 2 aliphatic heterocycles. The fourth-order valence-electron chi connectivity index (χ4n) is 3.78. The molecule has 0 atom stereocenters. The minimum Gasteiger partial charge on any atom is -0.489 e. The van der Waals surface area contributed by atoms with Gasteiger partial charge in [-0.1, -0.05) is 18.5 Å². The molecular weight excluding hydrogens is 336 g/mol. The number of hydrogen-bond acceptors (Lipinski definition) is 3. The van der Waals surface area contributed by atoms with Crippen LogP contribution in [0.25, 0.3) is 0 Å². The molecule has 2 saturated heterocycles. The average molecular weight is 365 g/mol. The standard InChI is InChI=1S/C20H29ClN2O2/c1-2-10-22-13-8-17(9-14-22)25-19-15-16(21)6-7-18(19)20(24)23-11-4-3-5-12-23/h6-7,15,17H,2-5,8-14H2,1H3. The third-order valence-electron chi connectivity index (χ3n) is 5.19. The predicted octanol–water partition coefficient (Wildman–Crippen LogP) is 4.22. The van der Waals surface area contributed by atoms with Crippen LogP contribution in [0.15, 0.2) is 18.2 Å². The zero-order valence-corrected chi connectivity index (χ0v) is 15.9. The van der Waals surface area contributed by atoms with Crippen molar-refractivity contribution in [1.82, 2.24) is 9.80 Å². The molecule has 0 aromatic heterocycles. The van der Waals surface area contributed by atoms with Gasteiger partial charge in [-0.15, -0.1) is 0 Å². The van der Waals surface area contributed by atoms with Crippen molar-refractivity contribution in [3.8, 4) is 5.75 Å². The molecule has 0 saturated carbocycles. The summed E-state index contributed by atoms with van der Waals surface area (Å²) in [4.78, 5) is 17.3. The lowest BCUT2D eigenvalue weighted by molar-refractivity contribution is 0.0704. The van der Waals surface area contributed by atoms with Crippen LogP contribution in [0.2, 0.25) is 5.02 Å². The Hall–Kier alpha value is -1.26. The normalized spacial score (nSPS) is 19.8. The molecular formula is C20H29ClN2O2. The van der Waals surface area contributed by atoms with E-state index >= 15 is 0 Å². The Morgan fingerprint density at radius 1 is 1.16 bits per heavy atom. The Bertz CT molecular complexity index is 579. The molecule has 0 unspecified atom stereocenters. The molecule has 4 nitrogen and oxygen atoms in total. The lowest BCUT2D eigenvalue weighted by Crippen LogP contribution is -2.39. The highest BCUT2D eigenvalue weighted by Crippen LogP contribution is 2.28. The maximum absolute atomic E-state index is 12.9. The van der Waals surface area contributed by atoms with Crippen LogP contribution >= 0.6 is 11.6 Å². The van der Waals surface area contributed by atoms with E-state index in [2.05, 4.69) is 11.8 Å². The SMILES string of the molecule is CCCN1CCC(Oc2cc(Cl)ccc2C(=O)N2CCCCC2)CC1. The van der Waals surface area contributed by atoms with E-state index in [1.165, 1.54) is 12.8 Å². The van der Waals surface area contributed by atoms with Crippen LogP contribution in [0.5, 0.6) is 5.75 Å². The number of piperidine rings is 2. The monoisotopic (exact) mass is 364 g/mol. The number of likely N-dealkylation sites (tertiary alicyclic amines) is 2. The van der Waals surface area contributed by atoms with E-state index in [1.54, 1.807) is 12.1 Å². The molecule has 1 aromatic carbocycles. The summed E-state index contributed by atoms with van der Waals surface area (Å²) in [6.45, 7) is 7.19. The van der Waals surface area contributed by atoms with Gasteiger partial charge in [0.25, 0.3) is 5.91 Å². The third-order valence-corrected chi connectivity index (χ3v) is 5.42. The molecule has 0 spiro atoms. The molecule has 0 N–H and O–H groups in total. The summed E-state index contributed by atoms with van der Waals surface area (Å²) in [7, 11) is 0. The van der Waals surface area contributed by atoms with Gasteiger partial charge in [0, 0.05) is 31.2 Å². The second-order valence-electron chi connectivity index (χ2n) is 7.15. The molecule has 25 heavy (non-hydrogen) atoms. The first kappa shape index (κ1) is 18.5. The topological polar surface area (TPSA) is 32.8 Å². The summed E-state index contributed by atoms with van der Waals surface area (Å²) in [6.07, 6.45) is 6.75. The summed E-state index contributed by atoms with van der Waals surface area (Å²) in [6, 6.07) is 5.41. The van der Waals surface area contributed by atoms with Gasteiger partial charge in [0.05, 0.1) is 5.56 Å². The first-order valence-electron chi connectivity index (χ1n) is 9.65. The van der Waals surface area contributed by atoms with Crippen LogP contribution in [0.4, 0.5) is 0 Å². The second-order valence-corrected chi connectivity index (χ2v) is 7.59. The molecule has 1 aromatic rings. The van der Waals surface area contributed by atoms with Crippen molar-refractivity contribution in [3.63, 3.8) is 0 Å². The van der Waals surface area contributed by atoms with Crippen LogP contribution in [0.1, 0.15) is 55.8 Å². The van der Waals surface area contributed by atoms with E-state index < -0.39 is 0 Å². The number of hydrogen-bond donors (Lipinski definition) is 0. The predicted molar refractivity (Wildman–Crippen MR) is 102 cm³/mol. The lowest BCUT2D eigenvalue weighted by Gasteiger charge is -2.33. The minimum absolute atomic E-state index is 0.0785. The number of carbonyl (C=O) groups excluding carboxylic acids is 1. The smallest absolute Gasteiger partial charge is 0.257 e. The van der Waals surface area contributed by atoms with Crippen LogP contribution in [-0.2, 0) is 0 Å². The Balaban J connectivity index is 1.68. The van der Waals surface area contributed by atoms with Crippen molar-refractivity contribution in [2.45, 2.75) is 51.6 Å². The van der Waals surface area contributed by atoms with Crippen LogP contribution in [-0.4, -0.2) is 54.5 Å². The molecule has 2 heterocycles. The number of nitrogens with zero attached hydrogens (tertiary/aromatic N) is 2. The van der Waals surface area contributed by atoms with E-state index in [0.29, 0.717) is 16.3 Å². The van der Waals surface area contributed by atoms with E-state index in [1.807, 2.05) is 11.0 Å². The van der Waals surface area contributed by atoms with Crippen LogP contribution in [0.3, 0.4) is 0 Å². The third kappa shape index (κ3) is 4.89. The Labute approximate surface area is 156 Å². The maximum atomic E-state index is 12.9. The maximum Gasteiger partial charge on any atom is 0.257 e. The largest absolute Gasteiger partial charge is 0.489 e. The van der Waals surface area contributed by atoms with Gasteiger partial charge >= 0.3 is 0 Å². The van der Waals surface area contributed by atoms with E-state index in [9.17, 15) is 4.79 Å². The zero-order valence-electron chi connectivity index (χ0n) is 15.2. The van der Waals surface area contributed by atoms with Gasteiger partial charge in [0.15, 0.2) is 0 Å². The number of benzene rings is 1. The highest BCUT2D eigenvalue weighted by Gasteiger charge is 2.25. The fraction of sp³-hybridized carbons (Fsp3) is 0.650. The minimum atomic E-state index is 0.0785. The fourth-order valence-corrected chi connectivity index (χ4v) is 3.95. The number of rotatable bonds is 5. The van der Waals surface area contributed by atoms with Gasteiger partial charge in [-0.3, -0.25) is 4.79 Å². The van der Waals surface area contributed by atoms with Crippen molar-refractivity contribution in [2.75, 3.05) is 32.7 Å². The van der Waals surface area contributed by atoms with Gasteiger partial charge < -0.3 is 14.5 Å². The Kier molecular flexibility index (Phi) is 6.60.